The van der Waals surface area contributed by atoms with E-state index < -0.39 is 27.6 Å². The van der Waals surface area contributed by atoms with Crippen molar-refractivity contribution in [2.24, 2.45) is 0 Å². The largest absolute Gasteiger partial charge is 0.416 e. The average Bonchev–Trinajstić information content (AvgIpc) is 3.29. The molecule has 1 saturated heterocycles. The highest BCUT2D eigenvalue weighted by Crippen LogP contribution is 2.32. The van der Waals surface area contributed by atoms with Crippen LogP contribution < -0.4 is 0 Å². The molecule has 1 fully saturated rings. The molecule has 4 rings (SSSR count). The molecule has 0 saturated carbocycles. The third-order valence-corrected chi connectivity index (χ3v) is 7.43. The first-order valence-corrected chi connectivity index (χ1v) is 11.5. The van der Waals surface area contributed by atoms with Gasteiger partial charge in [-0.15, -0.1) is 0 Å². The van der Waals surface area contributed by atoms with Crippen LogP contribution in [0.5, 0.6) is 0 Å². The van der Waals surface area contributed by atoms with Crippen molar-refractivity contribution in [2.75, 3.05) is 26.2 Å². The van der Waals surface area contributed by atoms with Crippen molar-refractivity contribution in [3.05, 3.63) is 65.8 Å². The van der Waals surface area contributed by atoms with Crippen LogP contribution in [-0.4, -0.2) is 53.9 Å². The average molecular weight is 484 g/mol. The summed E-state index contributed by atoms with van der Waals surface area (Å²) < 4.78 is 84.2. The van der Waals surface area contributed by atoms with E-state index >= 15 is 0 Å². The molecule has 0 N–H and O–H groups in total. The van der Waals surface area contributed by atoms with E-state index in [9.17, 15) is 26.0 Å². The fourth-order valence-corrected chi connectivity index (χ4v) is 5.02. The van der Waals surface area contributed by atoms with Crippen molar-refractivity contribution in [1.29, 1.82) is 0 Å². The smallest absolute Gasteiger partial charge is 0.337 e. The van der Waals surface area contributed by atoms with E-state index in [4.69, 9.17) is 4.52 Å². The van der Waals surface area contributed by atoms with E-state index in [-0.39, 0.29) is 41.3 Å². The van der Waals surface area contributed by atoms with Gasteiger partial charge in [0.15, 0.2) is 0 Å². The Labute approximate surface area is 187 Å². The molecule has 7 nitrogen and oxygen atoms in total. The predicted octanol–water partition coefficient (Wildman–Crippen LogP) is 3.96. The van der Waals surface area contributed by atoms with Crippen LogP contribution in [0.2, 0.25) is 0 Å². The highest BCUT2D eigenvalue weighted by molar-refractivity contribution is 7.89. The third-order valence-electron chi connectivity index (χ3n) is 5.52. The Morgan fingerprint density at radius 3 is 2.33 bits per heavy atom. The predicted molar refractivity (Wildman–Crippen MR) is 110 cm³/mol. The molecule has 0 aliphatic carbocycles. The van der Waals surface area contributed by atoms with Gasteiger partial charge in [-0.3, -0.25) is 4.90 Å². The molecular weight excluding hydrogens is 464 g/mol. The molecule has 1 aromatic heterocycles. The second kappa shape index (κ2) is 8.84. The molecule has 0 unspecified atom stereocenters. The van der Waals surface area contributed by atoms with Gasteiger partial charge in [-0.2, -0.15) is 22.5 Å². The van der Waals surface area contributed by atoms with Crippen LogP contribution in [0.25, 0.3) is 11.4 Å². The molecule has 3 aromatic rings. The number of alkyl halides is 3. The molecule has 0 bridgehead atoms. The molecule has 176 valence electrons. The van der Waals surface area contributed by atoms with Crippen molar-refractivity contribution < 1.29 is 30.5 Å². The minimum atomic E-state index is -4.48. The van der Waals surface area contributed by atoms with Gasteiger partial charge in [-0.05, 0) is 43.3 Å². The highest BCUT2D eigenvalue weighted by Gasteiger charge is 2.33. The lowest BCUT2D eigenvalue weighted by molar-refractivity contribution is -0.137. The highest BCUT2D eigenvalue weighted by atomic mass is 32.2. The van der Waals surface area contributed by atoms with Crippen LogP contribution in [0.15, 0.2) is 57.9 Å². The molecule has 1 atom stereocenters. The maximum Gasteiger partial charge on any atom is 0.416 e. The summed E-state index contributed by atoms with van der Waals surface area (Å²) in [6.07, 6.45) is -4.48. The minimum Gasteiger partial charge on any atom is -0.337 e. The minimum absolute atomic E-state index is 0.0213. The molecule has 1 aliphatic heterocycles. The normalized spacial score (nSPS) is 17.2. The van der Waals surface area contributed by atoms with Gasteiger partial charge < -0.3 is 4.52 Å². The molecule has 0 amide bonds. The van der Waals surface area contributed by atoms with Gasteiger partial charge in [-0.1, -0.05) is 17.3 Å². The van der Waals surface area contributed by atoms with Gasteiger partial charge in [0.1, 0.15) is 5.82 Å². The second-order valence-corrected chi connectivity index (χ2v) is 9.54. The molecular formula is C21H20F4N4O3S. The van der Waals surface area contributed by atoms with Crippen molar-refractivity contribution in [2.45, 2.75) is 24.0 Å². The van der Waals surface area contributed by atoms with Crippen molar-refractivity contribution in [1.82, 2.24) is 19.3 Å². The van der Waals surface area contributed by atoms with Gasteiger partial charge >= 0.3 is 6.18 Å². The van der Waals surface area contributed by atoms with Gasteiger partial charge in [0.05, 0.1) is 16.5 Å². The van der Waals surface area contributed by atoms with Crippen LogP contribution in [0.4, 0.5) is 17.6 Å². The lowest BCUT2D eigenvalue weighted by Crippen LogP contribution is -2.49. The summed E-state index contributed by atoms with van der Waals surface area (Å²) in [6.45, 7) is 2.97. The van der Waals surface area contributed by atoms with Gasteiger partial charge in [-0.25, -0.2) is 12.8 Å². The molecule has 0 radical (unpaired) electrons. The Hall–Kier alpha value is -2.83. The van der Waals surface area contributed by atoms with E-state index in [1.807, 2.05) is 4.90 Å². The summed E-state index contributed by atoms with van der Waals surface area (Å²) >= 11 is 0. The van der Waals surface area contributed by atoms with Crippen molar-refractivity contribution in [3.8, 4) is 11.4 Å². The Kier molecular flexibility index (Phi) is 6.25. The summed E-state index contributed by atoms with van der Waals surface area (Å²) in [5.41, 5.74) is -0.625. The molecule has 0 spiro atoms. The number of hydrogen-bond acceptors (Lipinski definition) is 6. The van der Waals surface area contributed by atoms with E-state index in [2.05, 4.69) is 10.1 Å². The number of benzene rings is 2. The first kappa shape index (κ1) is 23.3. The number of piperazine rings is 1. The van der Waals surface area contributed by atoms with Crippen molar-refractivity contribution in [3.63, 3.8) is 0 Å². The van der Waals surface area contributed by atoms with E-state index in [1.54, 1.807) is 6.92 Å². The maximum atomic E-state index is 13.1. The standard InChI is InChI=1S/C21H20F4N4O3S/c1-14(20-26-19(27-32-20)15-3-2-4-16(13-15)21(23,24)25)28-9-11-29(12-10-28)33(30,31)18-7-5-17(22)6-8-18/h2-8,13-14H,9-12H2,1H3/t14-/m1/s1. The SMILES string of the molecule is C[C@H](c1nc(-c2cccc(C(F)(F)F)c2)no1)N1CCN(S(=O)(=O)c2ccc(F)cc2)CC1. The Bertz CT molecular complexity index is 1220. The summed E-state index contributed by atoms with van der Waals surface area (Å²) in [4.78, 5) is 6.21. The summed E-state index contributed by atoms with van der Waals surface area (Å²) in [5.74, 6) is -0.255. The number of sulfonamides is 1. The number of aromatic nitrogens is 2. The summed E-state index contributed by atoms with van der Waals surface area (Å²) in [5, 5.41) is 3.81. The quantitative estimate of drug-likeness (QED) is 0.510. The van der Waals surface area contributed by atoms with Crippen molar-refractivity contribution >= 4 is 10.0 Å². The number of nitrogens with zero attached hydrogens (tertiary/aromatic N) is 4. The first-order valence-electron chi connectivity index (χ1n) is 10.1. The lowest BCUT2D eigenvalue weighted by atomic mass is 10.1. The van der Waals surface area contributed by atoms with E-state index in [0.717, 1.165) is 24.3 Å². The fourth-order valence-electron chi connectivity index (χ4n) is 3.60. The van der Waals surface area contributed by atoms with Gasteiger partial charge in [0.25, 0.3) is 0 Å². The van der Waals surface area contributed by atoms with Crippen LogP contribution in [0, 0.1) is 5.82 Å². The number of rotatable bonds is 5. The van der Waals surface area contributed by atoms with E-state index in [1.165, 1.54) is 28.6 Å². The first-order chi connectivity index (χ1) is 15.6. The summed E-state index contributed by atoms with van der Waals surface area (Å²) in [7, 11) is -3.74. The Morgan fingerprint density at radius 2 is 1.70 bits per heavy atom. The molecule has 2 heterocycles. The zero-order chi connectivity index (χ0) is 23.8. The molecule has 12 heteroatoms. The number of hydrogen-bond donors (Lipinski definition) is 0. The monoisotopic (exact) mass is 484 g/mol. The zero-order valence-electron chi connectivity index (χ0n) is 17.5. The Morgan fingerprint density at radius 1 is 1.03 bits per heavy atom. The lowest BCUT2D eigenvalue weighted by Gasteiger charge is -2.36. The molecule has 1 aliphatic rings. The second-order valence-electron chi connectivity index (χ2n) is 7.60. The molecule has 2 aromatic carbocycles. The fraction of sp³-hybridized carbons (Fsp3) is 0.333. The number of halogens is 4. The van der Waals surface area contributed by atoms with Crippen LogP contribution in [0.3, 0.4) is 0 Å². The van der Waals surface area contributed by atoms with Crippen LogP contribution in [0.1, 0.15) is 24.4 Å². The van der Waals surface area contributed by atoms with Crippen LogP contribution >= 0.6 is 0 Å². The van der Waals surface area contributed by atoms with Gasteiger partial charge in [0, 0.05) is 31.7 Å². The van der Waals surface area contributed by atoms with Gasteiger partial charge in [0.2, 0.25) is 21.7 Å². The molecule has 33 heavy (non-hydrogen) atoms. The third kappa shape index (κ3) is 4.92. The maximum absolute atomic E-state index is 13.1. The summed E-state index contributed by atoms with van der Waals surface area (Å²) in [6, 6.07) is 8.95. The van der Waals surface area contributed by atoms with E-state index in [0.29, 0.717) is 13.1 Å². The van der Waals surface area contributed by atoms with Crippen LogP contribution in [-0.2, 0) is 16.2 Å². The Balaban J connectivity index is 1.43. The zero-order valence-corrected chi connectivity index (χ0v) is 18.3. The topological polar surface area (TPSA) is 79.5 Å².